The van der Waals surface area contributed by atoms with E-state index in [2.05, 4.69) is 10.2 Å². The van der Waals surface area contributed by atoms with Crippen LogP contribution < -0.4 is 11.1 Å². The quantitative estimate of drug-likeness (QED) is 0.876. The van der Waals surface area contributed by atoms with Crippen LogP contribution in [0.5, 0.6) is 0 Å². The molecule has 0 aliphatic carbocycles. The van der Waals surface area contributed by atoms with Crippen LogP contribution in [0.3, 0.4) is 0 Å². The number of rotatable bonds is 4. The summed E-state index contributed by atoms with van der Waals surface area (Å²) in [4.78, 5) is 13.9. The van der Waals surface area contributed by atoms with Crippen molar-refractivity contribution in [3.63, 3.8) is 0 Å². The normalized spacial score (nSPS) is 23.2. The third kappa shape index (κ3) is 2.99. The average Bonchev–Trinajstić information content (AvgIpc) is 2.43. The maximum Gasteiger partial charge on any atom is 0.237 e. The monoisotopic (exact) mass is 279 g/mol. The van der Waals surface area contributed by atoms with Crippen LogP contribution in [0.1, 0.15) is 31.9 Å². The summed E-state index contributed by atoms with van der Waals surface area (Å²) in [5.41, 5.74) is 7.08. The fraction of sp³-hybridized carbons (Fsp3) is 0.533. The molecule has 1 saturated heterocycles. The van der Waals surface area contributed by atoms with Gasteiger partial charge in [0.25, 0.3) is 0 Å². The van der Waals surface area contributed by atoms with Crippen molar-refractivity contribution in [2.75, 3.05) is 13.1 Å². The van der Waals surface area contributed by atoms with Gasteiger partial charge in [-0.15, -0.1) is 0 Å². The van der Waals surface area contributed by atoms with Gasteiger partial charge in [0.1, 0.15) is 5.82 Å². The Labute approximate surface area is 119 Å². The van der Waals surface area contributed by atoms with E-state index in [0.29, 0.717) is 6.54 Å². The molecule has 1 aliphatic rings. The molecule has 1 amide bonds. The Morgan fingerprint density at radius 2 is 2.30 bits per heavy atom. The number of benzene rings is 1. The van der Waals surface area contributed by atoms with Gasteiger partial charge in [0.15, 0.2) is 0 Å². The number of carbonyl (C=O) groups excluding carboxylic acids is 1. The minimum Gasteiger partial charge on any atom is -0.353 e. The number of hydrogen-bond donors (Lipinski definition) is 2. The zero-order valence-electron chi connectivity index (χ0n) is 12.0. The molecule has 4 nitrogen and oxygen atoms in total. The summed E-state index contributed by atoms with van der Waals surface area (Å²) in [7, 11) is 0. The first-order valence-electron chi connectivity index (χ1n) is 7.09. The lowest BCUT2D eigenvalue weighted by atomic mass is 9.94. The Morgan fingerprint density at radius 3 is 2.95 bits per heavy atom. The zero-order valence-corrected chi connectivity index (χ0v) is 12.0. The van der Waals surface area contributed by atoms with E-state index >= 15 is 0 Å². The highest BCUT2D eigenvalue weighted by molar-refractivity contribution is 5.82. The van der Waals surface area contributed by atoms with E-state index in [1.807, 2.05) is 19.9 Å². The van der Waals surface area contributed by atoms with Gasteiger partial charge in [0.05, 0.1) is 12.1 Å². The highest BCUT2D eigenvalue weighted by Crippen LogP contribution is 2.28. The highest BCUT2D eigenvalue weighted by Gasteiger charge is 2.34. The first-order chi connectivity index (χ1) is 9.54. The number of amides is 1. The van der Waals surface area contributed by atoms with Gasteiger partial charge in [0, 0.05) is 19.1 Å². The summed E-state index contributed by atoms with van der Waals surface area (Å²) >= 11 is 0. The molecule has 0 bridgehead atoms. The molecule has 20 heavy (non-hydrogen) atoms. The van der Waals surface area contributed by atoms with E-state index in [0.717, 1.165) is 18.5 Å². The molecule has 3 atom stereocenters. The van der Waals surface area contributed by atoms with Crippen LogP contribution in [0.15, 0.2) is 24.3 Å². The summed E-state index contributed by atoms with van der Waals surface area (Å²) in [5, 5.41) is 2.84. The highest BCUT2D eigenvalue weighted by atomic mass is 19.1. The molecule has 3 unspecified atom stereocenters. The van der Waals surface area contributed by atoms with Crippen molar-refractivity contribution in [2.24, 2.45) is 5.73 Å². The minimum atomic E-state index is -0.273. The van der Waals surface area contributed by atoms with Crippen molar-refractivity contribution >= 4 is 5.91 Å². The standard InChI is InChI=1S/C15H22FN3O/c1-3-13(17)14(11-5-4-6-12(16)9-11)19-8-7-18-15(20)10(19)2/h4-6,9-10,13-14H,3,7-8,17H2,1-2H3,(H,18,20). The van der Waals surface area contributed by atoms with Crippen molar-refractivity contribution in [3.8, 4) is 0 Å². The lowest BCUT2D eigenvalue weighted by Crippen LogP contribution is -2.57. The van der Waals surface area contributed by atoms with E-state index in [1.165, 1.54) is 12.1 Å². The van der Waals surface area contributed by atoms with Gasteiger partial charge < -0.3 is 11.1 Å². The van der Waals surface area contributed by atoms with Crippen molar-refractivity contribution in [3.05, 3.63) is 35.6 Å². The summed E-state index contributed by atoms with van der Waals surface area (Å²) < 4.78 is 13.5. The molecule has 0 saturated carbocycles. The Bertz CT molecular complexity index is 480. The number of hydrogen-bond acceptors (Lipinski definition) is 3. The predicted molar refractivity (Wildman–Crippen MR) is 76.6 cm³/mol. The summed E-state index contributed by atoms with van der Waals surface area (Å²) in [6.45, 7) is 5.20. The second kappa shape index (κ2) is 6.33. The van der Waals surface area contributed by atoms with Gasteiger partial charge >= 0.3 is 0 Å². The molecule has 1 aliphatic heterocycles. The predicted octanol–water partition coefficient (Wildman–Crippen LogP) is 1.42. The second-order valence-corrected chi connectivity index (χ2v) is 5.28. The Morgan fingerprint density at radius 1 is 1.55 bits per heavy atom. The molecule has 1 aromatic carbocycles. The number of nitrogens with two attached hydrogens (primary N) is 1. The van der Waals surface area contributed by atoms with Crippen LogP contribution in [0, 0.1) is 5.82 Å². The Balaban J connectivity index is 2.34. The molecule has 1 heterocycles. The van der Waals surface area contributed by atoms with Crippen LogP contribution in [0.4, 0.5) is 4.39 Å². The third-order valence-electron chi connectivity index (χ3n) is 3.97. The van der Waals surface area contributed by atoms with Crippen LogP contribution in [0.2, 0.25) is 0 Å². The summed E-state index contributed by atoms with van der Waals surface area (Å²) in [5.74, 6) is -0.272. The minimum absolute atomic E-state index is 0.000885. The molecule has 2 rings (SSSR count). The smallest absolute Gasteiger partial charge is 0.237 e. The van der Waals surface area contributed by atoms with Crippen LogP contribution >= 0.6 is 0 Å². The molecule has 5 heteroatoms. The lowest BCUT2D eigenvalue weighted by molar-refractivity contribution is -0.129. The van der Waals surface area contributed by atoms with Crippen LogP contribution in [-0.4, -0.2) is 36.0 Å². The van der Waals surface area contributed by atoms with Crippen LogP contribution in [-0.2, 0) is 4.79 Å². The largest absolute Gasteiger partial charge is 0.353 e. The topological polar surface area (TPSA) is 58.4 Å². The third-order valence-corrected chi connectivity index (χ3v) is 3.97. The number of piperazine rings is 1. The number of nitrogens with one attached hydrogen (secondary N) is 1. The molecule has 0 radical (unpaired) electrons. The van der Waals surface area contributed by atoms with E-state index in [1.54, 1.807) is 6.07 Å². The first-order valence-corrected chi connectivity index (χ1v) is 7.09. The number of nitrogens with zero attached hydrogens (tertiary/aromatic N) is 1. The van der Waals surface area contributed by atoms with Gasteiger partial charge in [-0.25, -0.2) is 4.39 Å². The second-order valence-electron chi connectivity index (χ2n) is 5.28. The van der Waals surface area contributed by atoms with Gasteiger partial charge in [-0.1, -0.05) is 19.1 Å². The number of halogens is 1. The fourth-order valence-corrected chi connectivity index (χ4v) is 2.78. The van der Waals surface area contributed by atoms with E-state index < -0.39 is 0 Å². The first kappa shape index (κ1) is 14.9. The van der Waals surface area contributed by atoms with E-state index in [9.17, 15) is 9.18 Å². The molecule has 0 aromatic heterocycles. The van der Waals surface area contributed by atoms with Crippen molar-refractivity contribution < 1.29 is 9.18 Å². The SMILES string of the molecule is CCC(N)C(c1cccc(F)c1)N1CCNC(=O)C1C. The van der Waals surface area contributed by atoms with E-state index in [4.69, 9.17) is 5.73 Å². The number of carbonyl (C=O) groups is 1. The molecule has 0 spiro atoms. The van der Waals surface area contributed by atoms with E-state index in [-0.39, 0.29) is 29.8 Å². The summed E-state index contributed by atoms with van der Waals surface area (Å²) in [6.07, 6.45) is 0.770. The van der Waals surface area contributed by atoms with Crippen molar-refractivity contribution in [1.29, 1.82) is 0 Å². The molecular weight excluding hydrogens is 257 g/mol. The molecule has 110 valence electrons. The Hall–Kier alpha value is -1.46. The lowest BCUT2D eigenvalue weighted by Gasteiger charge is -2.41. The maximum absolute atomic E-state index is 13.5. The van der Waals surface area contributed by atoms with Gasteiger partial charge in [-0.05, 0) is 31.0 Å². The fourth-order valence-electron chi connectivity index (χ4n) is 2.78. The molecular formula is C15H22FN3O. The van der Waals surface area contributed by atoms with Gasteiger partial charge in [0.2, 0.25) is 5.91 Å². The van der Waals surface area contributed by atoms with Gasteiger partial charge in [-0.3, -0.25) is 9.69 Å². The zero-order chi connectivity index (χ0) is 14.7. The van der Waals surface area contributed by atoms with Crippen molar-refractivity contribution in [2.45, 2.75) is 38.4 Å². The molecule has 3 N–H and O–H groups in total. The Kier molecular flexibility index (Phi) is 4.73. The average molecular weight is 279 g/mol. The summed E-state index contributed by atoms with van der Waals surface area (Å²) in [6, 6.07) is 5.97. The van der Waals surface area contributed by atoms with Crippen LogP contribution in [0.25, 0.3) is 0 Å². The maximum atomic E-state index is 13.5. The van der Waals surface area contributed by atoms with Gasteiger partial charge in [-0.2, -0.15) is 0 Å². The molecule has 1 aromatic rings. The molecule has 1 fully saturated rings. The van der Waals surface area contributed by atoms with Crippen molar-refractivity contribution in [1.82, 2.24) is 10.2 Å².